The van der Waals surface area contributed by atoms with Crippen LogP contribution in [0, 0.1) is 22.7 Å². The number of hydrogen-bond acceptors (Lipinski definition) is 6. The highest BCUT2D eigenvalue weighted by molar-refractivity contribution is 8.08. The predicted molar refractivity (Wildman–Crippen MR) is 52.9 cm³/mol. The maximum absolute atomic E-state index is 11.2. The topological polar surface area (TPSA) is 116 Å². The van der Waals surface area contributed by atoms with Crippen molar-refractivity contribution in [2.75, 3.05) is 16.6 Å². The van der Waals surface area contributed by atoms with Crippen LogP contribution in [0.5, 0.6) is 0 Å². The fourth-order valence-electron chi connectivity index (χ4n) is 0.794. The lowest BCUT2D eigenvalue weighted by Crippen LogP contribution is -2.21. The summed E-state index contributed by atoms with van der Waals surface area (Å²) in [5, 5.41) is 15.3. The average molecular weight is 250 g/mol. The molecule has 0 aromatic rings. The van der Waals surface area contributed by atoms with Gasteiger partial charge in [-0.15, -0.1) is 0 Å². The molecule has 0 aromatic heterocycles. The molecule has 0 saturated carbocycles. The Bertz CT molecular complexity index is 432. The summed E-state index contributed by atoms with van der Waals surface area (Å²) in [4.78, 5) is 0. The Hall–Kier alpha value is -1.12. The fraction of sp³-hybridized carbons (Fsp3) is 0.714. The zero-order chi connectivity index (χ0) is 11.9. The predicted octanol–water partition coefficient (Wildman–Crippen LogP) is -0.399. The van der Waals surface area contributed by atoms with Crippen LogP contribution < -0.4 is 0 Å². The van der Waals surface area contributed by atoms with E-state index < -0.39 is 36.3 Å². The van der Waals surface area contributed by atoms with Gasteiger partial charge in [0, 0.05) is 12.8 Å². The van der Waals surface area contributed by atoms with Crippen molar-refractivity contribution in [2.45, 2.75) is 12.8 Å². The van der Waals surface area contributed by atoms with Gasteiger partial charge in [0.25, 0.3) is 0 Å². The molecule has 0 N–H and O–H groups in total. The molecule has 84 valence electrons. The molecule has 0 aliphatic rings. The van der Waals surface area contributed by atoms with Crippen molar-refractivity contribution >= 4 is 19.7 Å². The van der Waals surface area contributed by atoms with Crippen LogP contribution in [0.15, 0.2) is 0 Å². The number of nitrogens with zero attached hydrogens (tertiary/aromatic N) is 2. The molecular formula is C7H10N2O4S2. The van der Waals surface area contributed by atoms with E-state index in [1.807, 2.05) is 0 Å². The van der Waals surface area contributed by atoms with E-state index >= 15 is 0 Å². The normalized spacial score (nSPS) is 11.6. The molecule has 15 heavy (non-hydrogen) atoms. The van der Waals surface area contributed by atoms with Crippen LogP contribution in [0.25, 0.3) is 0 Å². The lowest BCUT2D eigenvalue weighted by Gasteiger charge is -2.01. The molecular weight excluding hydrogens is 240 g/mol. The van der Waals surface area contributed by atoms with Gasteiger partial charge in [-0.2, -0.15) is 10.5 Å². The van der Waals surface area contributed by atoms with Gasteiger partial charge >= 0.3 is 0 Å². The summed E-state index contributed by atoms with van der Waals surface area (Å²) in [6.07, 6.45) is -0.452. The molecule has 0 unspecified atom stereocenters. The number of sulfone groups is 2. The maximum atomic E-state index is 11.2. The third-order valence-corrected chi connectivity index (χ3v) is 5.93. The van der Waals surface area contributed by atoms with Crippen LogP contribution in [-0.4, -0.2) is 33.4 Å². The molecule has 0 rings (SSSR count). The third-order valence-electron chi connectivity index (χ3n) is 1.41. The number of hydrogen-bond donors (Lipinski definition) is 0. The van der Waals surface area contributed by atoms with Crippen LogP contribution in [0.4, 0.5) is 0 Å². The van der Waals surface area contributed by atoms with E-state index in [2.05, 4.69) is 0 Å². The molecule has 0 amide bonds. The van der Waals surface area contributed by atoms with E-state index in [0.717, 1.165) is 0 Å². The average Bonchev–Trinajstić information content (AvgIpc) is 2.10. The van der Waals surface area contributed by atoms with Crippen LogP contribution in [0.3, 0.4) is 0 Å². The fourth-order valence-corrected chi connectivity index (χ4v) is 4.73. The van der Waals surface area contributed by atoms with Crippen molar-refractivity contribution in [3.63, 3.8) is 0 Å². The van der Waals surface area contributed by atoms with Gasteiger partial charge in [-0.25, -0.2) is 16.8 Å². The molecule has 0 fully saturated rings. The molecule has 0 bridgehead atoms. The molecule has 0 saturated heterocycles. The van der Waals surface area contributed by atoms with Crippen LogP contribution >= 0.6 is 0 Å². The Balaban J connectivity index is 4.48. The minimum atomic E-state index is -3.75. The van der Waals surface area contributed by atoms with Crippen molar-refractivity contribution in [1.29, 1.82) is 10.5 Å². The lowest BCUT2D eigenvalue weighted by molar-refractivity contribution is 0.588. The maximum Gasteiger partial charge on any atom is 0.165 e. The first-order chi connectivity index (χ1) is 6.83. The van der Waals surface area contributed by atoms with Crippen LogP contribution in [0.1, 0.15) is 12.8 Å². The van der Waals surface area contributed by atoms with Gasteiger partial charge in [-0.1, -0.05) is 0 Å². The van der Waals surface area contributed by atoms with Gasteiger partial charge in [0.1, 0.15) is 0 Å². The smallest absolute Gasteiger partial charge is 0.165 e. The van der Waals surface area contributed by atoms with E-state index in [1.165, 1.54) is 0 Å². The zero-order valence-electron chi connectivity index (χ0n) is 7.88. The molecule has 0 radical (unpaired) electrons. The van der Waals surface area contributed by atoms with E-state index in [0.29, 0.717) is 0 Å². The molecule has 0 heterocycles. The Morgan fingerprint density at radius 1 is 0.800 bits per heavy atom. The van der Waals surface area contributed by atoms with E-state index in [1.54, 1.807) is 12.1 Å². The van der Waals surface area contributed by atoms with Crippen molar-refractivity contribution in [3.05, 3.63) is 0 Å². The highest BCUT2D eigenvalue weighted by Crippen LogP contribution is 2.02. The van der Waals surface area contributed by atoms with Crippen molar-refractivity contribution in [1.82, 2.24) is 0 Å². The quantitative estimate of drug-likeness (QED) is 0.633. The summed E-state index contributed by atoms with van der Waals surface area (Å²) < 4.78 is 44.6. The van der Waals surface area contributed by atoms with Crippen molar-refractivity contribution < 1.29 is 16.8 Å². The first kappa shape index (κ1) is 13.9. The second kappa shape index (κ2) is 5.69. The van der Waals surface area contributed by atoms with Gasteiger partial charge in [-0.3, -0.25) is 0 Å². The van der Waals surface area contributed by atoms with Crippen LogP contribution in [0.2, 0.25) is 0 Å². The van der Waals surface area contributed by atoms with Gasteiger partial charge < -0.3 is 0 Å². The molecule has 0 aliphatic heterocycles. The highest BCUT2D eigenvalue weighted by atomic mass is 32.3. The van der Waals surface area contributed by atoms with Gasteiger partial charge in [-0.05, 0) is 0 Å². The molecule has 0 aliphatic carbocycles. The van der Waals surface area contributed by atoms with Crippen molar-refractivity contribution in [3.8, 4) is 12.1 Å². The van der Waals surface area contributed by atoms with E-state index in [4.69, 9.17) is 10.5 Å². The molecule has 0 atom stereocenters. The Morgan fingerprint density at radius 2 is 1.13 bits per heavy atom. The van der Waals surface area contributed by atoms with Gasteiger partial charge in [0.05, 0.1) is 23.6 Å². The highest BCUT2D eigenvalue weighted by Gasteiger charge is 2.21. The third kappa shape index (κ3) is 6.89. The first-order valence-electron chi connectivity index (χ1n) is 3.98. The molecule has 8 heteroatoms. The molecule has 0 aromatic carbocycles. The second-order valence-corrected chi connectivity index (χ2v) is 7.56. The standard InChI is InChI=1S/C7H10N2O4S2/c8-3-1-5-14(10,11)7-15(12,13)6-2-4-9/h1-2,5-7H2. The summed E-state index contributed by atoms with van der Waals surface area (Å²) in [5.74, 6) is -0.926. The second-order valence-electron chi connectivity index (χ2n) is 2.83. The summed E-state index contributed by atoms with van der Waals surface area (Å²) in [6.45, 7) is 0. The SMILES string of the molecule is N#CCCS(=O)(=O)CS(=O)(=O)CCC#N. The summed E-state index contributed by atoms with van der Waals surface area (Å²) >= 11 is 0. The Morgan fingerprint density at radius 3 is 1.40 bits per heavy atom. The number of rotatable bonds is 6. The minimum absolute atomic E-state index is 0.226. The van der Waals surface area contributed by atoms with E-state index in [9.17, 15) is 16.8 Å². The molecule has 6 nitrogen and oxygen atoms in total. The monoisotopic (exact) mass is 250 g/mol. The zero-order valence-corrected chi connectivity index (χ0v) is 9.51. The Kier molecular flexibility index (Phi) is 5.26. The van der Waals surface area contributed by atoms with Crippen molar-refractivity contribution in [2.24, 2.45) is 0 Å². The first-order valence-corrected chi connectivity index (χ1v) is 7.62. The molecule has 0 spiro atoms. The van der Waals surface area contributed by atoms with Gasteiger partial charge in [0.2, 0.25) is 0 Å². The number of nitriles is 2. The van der Waals surface area contributed by atoms with Gasteiger partial charge in [0.15, 0.2) is 24.8 Å². The largest absolute Gasteiger partial charge is 0.228 e. The Labute approximate surface area is 89.0 Å². The summed E-state index contributed by atoms with van der Waals surface area (Å²) in [7, 11) is -7.50. The van der Waals surface area contributed by atoms with E-state index in [-0.39, 0.29) is 12.8 Å². The lowest BCUT2D eigenvalue weighted by atomic mass is 10.6. The minimum Gasteiger partial charge on any atom is -0.228 e. The summed E-state index contributed by atoms with van der Waals surface area (Å²) in [6, 6.07) is 3.25. The summed E-state index contributed by atoms with van der Waals surface area (Å²) in [5.41, 5.74) is 0. The van der Waals surface area contributed by atoms with Crippen LogP contribution in [-0.2, 0) is 19.7 Å².